The molecule has 0 radical (unpaired) electrons. The highest BCUT2D eigenvalue weighted by Gasteiger charge is 2.10. The minimum Gasteiger partial charge on any atom is -0.481 e. The molecule has 21 heavy (non-hydrogen) atoms. The average Bonchev–Trinajstić information content (AvgIpc) is 2.89. The summed E-state index contributed by atoms with van der Waals surface area (Å²) in [6, 6.07) is 10.7. The van der Waals surface area contributed by atoms with Gasteiger partial charge in [0.1, 0.15) is 5.03 Å². The molecule has 0 spiro atoms. The van der Waals surface area contributed by atoms with Gasteiger partial charge in [0, 0.05) is 10.6 Å². The smallest absolute Gasteiger partial charge is 0.313 e. The van der Waals surface area contributed by atoms with Gasteiger partial charge in [-0.25, -0.2) is 0 Å². The van der Waals surface area contributed by atoms with Gasteiger partial charge in [-0.1, -0.05) is 23.4 Å². The average molecular weight is 321 g/mol. The summed E-state index contributed by atoms with van der Waals surface area (Å²) in [5.74, 6) is -0.347. The van der Waals surface area contributed by atoms with Crippen molar-refractivity contribution in [3.05, 3.63) is 41.4 Å². The lowest BCUT2D eigenvalue weighted by atomic mass is 10.2. The number of carboxylic acid groups (broad SMARTS) is 1. The third kappa shape index (κ3) is 2.98. The van der Waals surface area contributed by atoms with Crippen LogP contribution in [0, 0.1) is 0 Å². The van der Waals surface area contributed by atoms with Crippen LogP contribution in [0.4, 0.5) is 0 Å². The fourth-order valence-corrected chi connectivity index (χ4v) is 2.46. The van der Waals surface area contributed by atoms with Crippen LogP contribution in [-0.2, 0) is 4.79 Å². The summed E-state index contributed by atoms with van der Waals surface area (Å²) in [7, 11) is 0. The molecular formula is C13H9ClN4O2S. The maximum absolute atomic E-state index is 10.6. The summed E-state index contributed by atoms with van der Waals surface area (Å²) < 4.78 is 1.59. The number of carbonyl (C=O) groups is 1. The lowest BCUT2D eigenvalue weighted by Crippen LogP contribution is -2.00. The van der Waals surface area contributed by atoms with Gasteiger partial charge in [0.25, 0.3) is 0 Å². The minimum atomic E-state index is -0.886. The summed E-state index contributed by atoms with van der Waals surface area (Å²) in [6.07, 6.45) is 0. The Kier molecular flexibility index (Phi) is 3.76. The zero-order valence-corrected chi connectivity index (χ0v) is 12.2. The number of fused-ring (bicyclic) bond motifs is 1. The molecule has 0 saturated heterocycles. The van der Waals surface area contributed by atoms with Gasteiger partial charge in [0.15, 0.2) is 11.5 Å². The number of aromatic nitrogens is 4. The Bertz CT molecular complexity index is 804. The van der Waals surface area contributed by atoms with E-state index in [1.165, 1.54) is 0 Å². The standard InChI is InChI=1S/C13H9ClN4O2S/c14-9-3-1-8(2-4-9)13-16-15-10-5-6-11(17-18(10)13)21-7-12(19)20/h1-6H,7H2,(H,19,20). The van der Waals surface area contributed by atoms with E-state index < -0.39 is 5.97 Å². The topological polar surface area (TPSA) is 80.4 Å². The molecule has 6 nitrogen and oxygen atoms in total. The Morgan fingerprint density at radius 3 is 2.67 bits per heavy atom. The van der Waals surface area contributed by atoms with Crippen molar-refractivity contribution in [1.29, 1.82) is 0 Å². The molecule has 0 aliphatic rings. The molecule has 0 aliphatic heterocycles. The quantitative estimate of drug-likeness (QED) is 0.744. The molecule has 1 aromatic carbocycles. The summed E-state index contributed by atoms with van der Waals surface area (Å²) in [5.41, 5.74) is 1.43. The van der Waals surface area contributed by atoms with Crippen molar-refractivity contribution in [3.63, 3.8) is 0 Å². The van der Waals surface area contributed by atoms with Crippen LogP contribution >= 0.6 is 23.4 Å². The van der Waals surface area contributed by atoms with Crippen molar-refractivity contribution in [2.24, 2.45) is 0 Å². The van der Waals surface area contributed by atoms with E-state index in [9.17, 15) is 4.79 Å². The minimum absolute atomic E-state index is 0.0447. The van der Waals surface area contributed by atoms with Gasteiger partial charge in [-0.05, 0) is 36.4 Å². The maximum Gasteiger partial charge on any atom is 0.313 e. The van der Waals surface area contributed by atoms with Gasteiger partial charge in [0.05, 0.1) is 5.75 Å². The SMILES string of the molecule is O=C(O)CSc1ccc2nnc(-c3ccc(Cl)cc3)n2n1. The van der Waals surface area contributed by atoms with Gasteiger partial charge in [0.2, 0.25) is 0 Å². The lowest BCUT2D eigenvalue weighted by molar-refractivity contribution is -0.133. The van der Waals surface area contributed by atoms with Crippen LogP contribution < -0.4 is 0 Å². The van der Waals surface area contributed by atoms with Crippen molar-refractivity contribution in [3.8, 4) is 11.4 Å². The number of nitrogens with zero attached hydrogens (tertiary/aromatic N) is 4. The van der Waals surface area contributed by atoms with Gasteiger partial charge >= 0.3 is 5.97 Å². The molecule has 2 aromatic heterocycles. The zero-order chi connectivity index (χ0) is 14.8. The second-order valence-electron chi connectivity index (χ2n) is 4.15. The van der Waals surface area contributed by atoms with E-state index >= 15 is 0 Å². The van der Waals surface area contributed by atoms with Gasteiger partial charge in [-0.3, -0.25) is 4.79 Å². The molecular weight excluding hydrogens is 312 g/mol. The number of carboxylic acids is 1. The van der Waals surface area contributed by atoms with Crippen LogP contribution in [0.1, 0.15) is 0 Å². The maximum atomic E-state index is 10.6. The second kappa shape index (κ2) is 5.71. The van der Waals surface area contributed by atoms with Crippen molar-refractivity contribution < 1.29 is 9.90 Å². The second-order valence-corrected chi connectivity index (χ2v) is 5.59. The van der Waals surface area contributed by atoms with Crippen molar-refractivity contribution in [2.45, 2.75) is 5.03 Å². The molecule has 0 unspecified atom stereocenters. The van der Waals surface area contributed by atoms with Gasteiger partial charge in [-0.15, -0.1) is 10.2 Å². The number of aliphatic carboxylic acids is 1. The summed E-state index contributed by atoms with van der Waals surface area (Å²) in [6.45, 7) is 0. The van der Waals surface area contributed by atoms with E-state index in [0.717, 1.165) is 17.3 Å². The Hall–Kier alpha value is -2.12. The molecule has 0 saturated carbocycles. The van der Waals surface area contributed by atoms with Gasteiger partial charge in [-0.2, -0.15) is 9.61 Å². The molecule has 2 heterocycles. The van der Waals surface area contributed by atoms with E-state index in [1.807, 2.05) is 12.1 Å². The molecule has 8 heteroatoms. The first-order valence-electron chi connectivity index (χ1n) is 5.96. The third-order valence-electron chi connectivity index (χ3n) is 2.68. The van der Waals surface area contributed by atoms with Crippen molar-refractivity contribution in [1.82, 2.24) is 19.8 Å². The molecule has 106 valence electrons. The lowest BCUT2D eigenvalue weighted by Gasteiger charge is -2.02. The number of benzene rings is 1. The highest BCUT2D eigenvalue weighted by Crippen LogP contribution is 2.22. The molecule has 0 fully saturated rings. The van der Waals surface area contributed by atoms with E-state index in [-0.39, 0.29) is 5.75 Å². The van der Waals surface area contributed by atoms with Crippen molar-refractivity contribution >= 4 is 35.0 Å². The van der Waals surface area contributed by atoms with Crippen LogP contribution in [0.5, 0.6) is 0 Å². The molecule has 0 bridgehead atoms. The predicted molar refractivity (Wildman–Crippen MR) is 79.6 cm³/mol. The number of rotatable bonds is 4. The monoisotopic (exact) mass is 320 g/mol. The highest BCUT2D eigenvalue weighted by atomic mass is 35.5. The third-order valence-corrected chi connectivity index (χ3v) is 3.84. The predicted octanol–water partition coefficient (Wildman–Crippen LogP) is 2.62. The number of hydrogen-bond donors (Lipinski definition) is 1. The molecule has 3 aromatic rings. The van der Waals surface area contributed by atoms with E-state index in [4.69, 9.17) is 16.7 Å². The van der Waals surface area contributed by atoms with Crippen LogP contribution in [-0.4, -0.2) is 36.6 Å². The molecule has 1 N–H and O–H groups in total. The van der Waals surface area contributed by atoms with E-state index in [0.29, 0.717) is 21.5 Å². The van der Waals surface area contributed by atoms with E-state index in [2.05, 4.69) is 15.3 Å². The molecule has 0 aliphatic carbocycles. The summed E-state index contributed by atoms with van der Waals surface area (Å²) in [4.78, 5) is 10.6. The summed E-state index contributed by atoms with van der Waals surface area (Å²) >= 11 is 7.01. The Balaban J connectivity index is 2.01. The highest BCUT2D eigenvalue weighted by molar-refractivity contribution is 7.99. The van der Waals surface area contributed by atoms with E-state index in [1.54, 1.807) is 28.8 Å². The first kappa shape index (κ1) is 13.8. The van der Waals surface area contributed by atoms with Crippen LogP contribution in [0.2, 0.25) is 5.02 Å². The Morgan fingerprint density at radius 1 is 1.19 bits per heavy atom. The number of thioether (sulfide) groups is 1. The number of halogens is 1. The Labute approximate surface area is 128 Å². The van der Waals surface area contributed by atoms with Crippen molar-refractivity contribution in [2.75, 3.05) is 5.75 Å². The Morgan fingerprint density at radius 2 is 1.95 bits per heavy atom. The largest absolute Gasteiger partial charge is 0.481 e. The van der Waals surface area contributed by atoms with Crippen LogP contribution in [0.15, 0.2) is 41.4 Å². The van der Waals surface area contributed by atoms with Gasteiger partial charge < -0.3 is 5.11 Å². The zero-order valence-electron chi connectivity index (χ0n) is 10.6. The summed E-state index contributed by atoms with van der Waals surface area (Å²) in [5, 5.41) is 22.5. The number of hydrogen-bond acceptors (Lipinski definition) is 5. The fraction of sp³-hybridized carbons (Fsp3) is 0.0769. The van der Waals surface area contributed by atoms with Crippen LogP contribution in [0.25, 0.3) is 17.0 Å². The fourth-order valence-electron chi connectivity index (χ4n) is 1.76. The normalized spacial score (nSPS) is 10.9. The first-order chi connectivity index (χ1) is 10.1. The van der Waals surface area contributed by atoms with Crippen LogP contribution in [0.3, 0.4) is 0 Å². The molecule has 0 amide bonds. The first-order valence-corrected chi connectivity index (χ1v) is 7.33. The molecule has 0 atom stereocenters. The molecule has 3 rings (SSSR count).